The Morgan fingerprint density at radius 1 is 1.31 bits per heavy atom. The molecule has 4 heterocycles. The number of ether oxygens (including phenoxy) is 1. The van der Waals surface area contributed by atoms with Crippen molar-refractivity contribution in [1.29, 1.82) is 0 Å². The smallest absolute Gasteiger partial charge is 0.338 e. The lowest BCUT2D eigenvalue weighted by Crippen LogP contribution is -2.35. The zero-order valence-electron chi connectivity index (χ0n) is 14.6. The second-order valence-electron chi connectivity index (χ2n) is 6.20. The molecule has 0 saturated heterocycles. The number of rotatable bonds is 4. The van der Waals surface area contributed by atoms with Crippen LogP contribution in [0.15, 0.2) is 48.8 Å². The summed E-state index contributed by atoms with van der Waals surface area (Å²) in [5.41, 5.74) is 2.02. The minimum atomic E-state index is -3.42. The van der Waals surface area contributed by atoms with Crippen LogP contribution in [0.25, 0.3) is 11.4 Å². The Labute approximate surface area is 173 Å². The van der Waals surface area contributed by atoms with Crippen molar-refractivity contribution in [3.05, 3.63) is 46.5 Å². The quantitative estimate of drug-likeness (QED) is 0.556. The molecule has 12 heteroatoms. The SMILES string of the molecule is O=C(OCc1nc(-c2ccsc2)no1)c1ccc2c(c1)SC1=NS(=O)(=O)CCN12. The van der Waals surface area contributed by atoms with Gasteiger partial charge in [0.25, 0.3) is 15.9 Å². The van der Waals surface area contributed by atoms with Crippen LogP contribution in [0.4, 0.5) is 5.69 Å². The van der Waals surface area contributed by atoms with Crippen molar-refractivity contribution in [1.82, 2.24) is 10.1 Å². The highest BCUT2D eigenvalue weighted by molar-refractivity contribution is 8.15. The molecular weight excluding hydrogens is 436 g/mol. The minimum Gasteiger partial charge on any atom is -0.452 e. The van der Waals surface area contributed by atoms with E-state index in [1.165, 1.54) is 23.1 Å². The van der Waals surface area contributed by atoms with Gasteiger partial charge in [-0.15, -0.1) is 4.40 Å². The minimum absolute atomic E-state index is 0.0299. The first-order chi connectivity index (χ1) is 14.0. The first-order valence-electron chi connectivity index (χ1n) is 8.43. The molecule has 148 valence electrons. The first-order valence-corrected chi connectivity index (χ1v) is 11.8. The maximum Gasteiger partial charge on any atom is 0.338 e. The molecule has 0 radical (unpaired) electrons. The lowest BCUT2D eigenvalue weighted by molar-refractivity contribution is 0.0429. The van der Waals surface area contributed by atoms with Crippen LogP contribution < -0.4 is 4.90 Å². The van der Waals surface area contributed by atoms with Crippen LogP contribution in [-0.4, -0.2) is 42.0 Å². The van der Waals surface area contributed by atoms with Crippen molar-refractivity contribution in [2.45, 2.75) is 11.5 Å². The van der Waals surface area contributed by atoms with Crippen LogP contribution in [-0.2, 0) is 21.4 Å². The van der Waals surface area contributed by atoms with Crippen molar-refractivity contribution in [3.8, 4) is 11.4 Å². The lowest BCUT2D eigenvalue weighted by atomic mass is 10.2. The number of sulfonamides is 1. The van der Waals surface area contributed by atoms with Crippen LogP contribution in [0.2, 0.25) is 0 Å². The normalized spacial score (nSPS) is 16.8. The molecule has 2 aliphatic heterocycles. The summed E-state index contributed by atoms with van der Waals surface area (Å²) in [5.74, 6) is 0.0752. The summed E-state index contributed by atoms with van der Waals surface area (Å²) in [6, 6.07) is 6.94. The number of hydrogen-bond donors (Lipinski definition) is 0. The predicted molar refractivity (Wildman–Crippen MR) is 108 cm³/mol. The third-order valence-electron chi connectivity index (χ3n) is 4.28. The van der Waals surface area contributed by atoms with E-state index in [1.807, 2.05) is 21.7 Å². The number of thioether (sulfide) groups is 1. The molecule has 0 bridgehead atoms. The number of anilines is 1. The van der Waals surface area contributed by atoms with Gasteiger partial charge in [0.2, 0.25) is 5.82 Å². The summed E-state index contributed by atoms with van der Waals surface area (Å²) in [4.78, 5) is 19.2. The molecule has 0 saturated carbocycles. The Kier molecular flexibility index (Phi) is 4.41. The van der Waals surface area contributed by atoms with E-state index in [4.69, 9.17) is 9.26 Å². The second-order valence-corrected chi connectivity index (χ2v) is 9.74. The number of nitrogens with zero attached hydrogens (tertiary/aromatic N) is 4. The van der Waals surface area contributed by atoms with Crippen molar-refractivity contribution in [3.63, 3.8) is 0 Å². The van der Waals surface area contributed by atoms with Gasteiger partial charge in [-0.1, -0.05) is 5.16 Å². The molecule has 0 atom stereocenters. The molecule has 0 fully saturated rings. The van der Waals surface area contributed by atoms with Crippen LogP contribution >= 0.6 is 23.1 Å². The van der Waals surface area contributed by atoms with Crippen LogP contribution in [0.1, 0.15) is 16.2 Å². The number of amidine groups is 1. The Bertz CT molecular complexity index is 1230. The number of hydrogen-bond acceptors (Lipinski definition) is 10. The van der Waals surface area contributed by atoms with Gasteiger partial charge in [-0.25, -0.2) is 13.2 Å². The standard InChI is InChI=1S/C17H12N4O5S3/c22-16(25-8-14-18-15(19-26-14)11-3-5-27-9-11)10-1-2-12-13(7-10)28-17-20-29(23,24)6-4-21(12)17/h1-3,5,7,9H,4,6,8H2. The van der Waals surface area contributed by atoms with Crippen molar-refractivity contribution < 1.29 is 22.5 Å². The monoisotopic (exact) mass is 448 g/mol. The molecule has 5 rings (SSSR count). The average Bonchev–Trinajstić information content (AvgIpc) is 3.42. The fourth-order valence-corrected chi connectivity index (χ4v) is 5.82. The van der Waals surface area contributed by atoms with Crippen LogP contribution in [0.3, 0.4) is 0 Å². The molecule has 9 nitrogen and oxygen atoms in total. The molecule has 0 spiro atoms. The highest BCUT2D eigenvalue weighted by Crippen LogP contribution is 2.42. The van der Waals surface area contributed by atoms with E-state index in [1.54, 1.807) is 18.2 Å². The van der Waals surface area contributed by atoms with Crippen LogP contribution in [0.5, 0.6) is 0 Å². The molecule has 1 aromatic carbocycles. The maximum absolute atomic E-state index is 12.4. The first kappa shape index (κ1) is 18.3. The molecule has 2 aliphatic rings. The van der Waals surface area contributed by atoms with E-state index >= 15 is 0 Å². The lowest BCUT2D eigenvalue weighted by Gasteiger charge is -2.22. The van der Waals surface area contributed by atoms with Gasteiger partial charge in [-0.3, -0.25) is 0 Å². The summed E-state index contributed by atoms with van der Waals surface area (Å²) in [7, 11) is -3.42. The van der Waals surface area contributed by atoms with Gasteiger partial charge in [-0.05, 0) is 41.4 Å². The largest absolute Gasteiger partial charge is 0.452 e. The summed E-state index contributed by atoms with van der Waals surface area (Å²) in [6.07, 6.45) is 0. The average molecular weight is 449 g/mol. The molecular formula is C17H12N4O5S3. The highest BCUT2D eigenvalue weighted by atomic mass is 32.2. The molecule has 0 N–H and O–H groups in total. The van der Waals surface area contributed by atoms with E-state index in [2.05, 4.69) is 14.5 Å². The second kappa shape index (κ2) is 6.97. The number of thiophene rings is 1. The number of carbonyl (C=O) groups excluding carboxylic acids is 1. The van der Waals surface area contributed by atoms with E-state index in [0.717, 1.165) is 16.1 Å². The molecule has 29 heavy (non-hydrogen) atoms. The highest BCUT2D eigenvalue weighted by Gasteiger charge is 2.33. The van der Waals surface area contributed by atoms with Gasteiger partial charge >= 0.3 is 5.97 Å². The maximum atomic E-state index is 12.4. The van der Waals surface area contributed by atoms with Gasteiger partial charge in [-0.2, -0.15) is 16.3 Å². The number of carbonyl (C=O) groups is 1. The van der Waals surface area contributed by atoms with Gasteiger partial charge in [0, 0.05) is 22.4 Å². The fraction of sp³-hybridized carbons (Fsp3) is 0.176. The fourth-order valence-electron chi connectivity index (χ4n) is 2.89. The van der Waals surface area contributed by atoms with E-state index in [0.29, 0.717) is 23.1 Å². The van der Waals surface area contributed by atoms with Crippen LogP contribution in [0, 0.1) is 0 Å². The topological polar surface area (TPSA) is 115 Å². The summed E-state index contributed by atoms with van der Waals surface area (Å²) >= 11 is 2.74. The Hall–Kier alpha value is -2.70. The van der Waals surface area contributed by atoms with Gasteiger partial charge in [0.05, 0.1) is 17.0 Å². The molecule has 0 aliphatic carbocycles. The molecule has 3 aromatic rings. The zero-order chi connectivity index (χ0) is 20.0. The molecule has 0 amide bonds. The third kappa shape index (κ3) is 3.54. The van der Waals surface area contributed by atoms with Crippen molar-refractivity contribution in [2.75, 3.05) is 17.2 Å². The summed E-state index contributed by atoms with van der Waals surface area (Å²) in [6.45, 7) is 0.200. The zero-order valence-corrected chi connectivity index (χ0v) is 17.1. The Morgan fingerprint density at radius 2 is 2.21 bits per heavy atom. The predicted octanol–water partition coefficient (Wildman–Crippen LogP) is 2.77. The van der Waals surface area contributed by atoms with Gasteiger partial charge in [0.15, 0.2) is 11.8 Å². The third-order valence-corrected chi connectivity index (χ3v) is 7.27. The number of aromatic nitrogens is 2. The molecule has 0 unspecified atom stereocenters. The van der Waals surface area contributed by atoms with Crippen molar-refractivity contribution >= 4 is 49.9 Å². The summed E-state index contributed by atoms with van der Waals surface area (Å²) in [5, 5.41) is 8.08. The Morgan fingerprint density at radius 3 is 3.03 bits per heavy atom. The van der Waals surface area contributed by atoms with E-state index < -0.39 is 16.0 Å². The number of esters is 1. The van der Waals surface area contributed by atoms with Gasteiger partial charge < -0.3 is 14.2 Å². The van der Waals surface area contributed by atoms with E-state index in [9.17, 15) is 13.2 Å². The number of benzene rings is 1. The van der Waals surface area contributed by atoms with E-state index in [-0.39, 0.29) is 18.3 Å². The van der Waals surface area contributed by atoms with Crippen molar-refractivity contribution in [2.24, 2.45) is 4.40 Å². The number of fused-ring (bicyclic) bond motifs is 3. The molecule has 2 aromatic heterocycles. The van der Waals surface area contributed by atoms with Gasteiger partial charge in [0.1, 0.15) is 0 Å². The summed E-state index contributed by atoms with van der Waals surface area (Å²) < 4.78 is 37.6. The Balaban J connectivity index is 1.29.